The summed E-state index contributed by atoms with van der Waals surface area (Å²) in [6.07, 6.45) is 2.91. The van der Waals surface area contributed by atoms with Gasteiger partial charge in [0.05, 0.1) is 12.6 Å². The van der Waals surface area contributed by atoms with Crippen LogP contribution in [0.5, 0.6) is 0 Å². The summed E-state index contributed by atoms with van der Waals surface area (Å²) in [5.74, 6) is -0.373. The van der Waals surface area contributed by atoms with E-state index in [-0.39, 0.29) is 24.5 Å². The number of hydrogen-bond donors (Lipinski definition) is 1. The van der Waals surface area contributed by atoms with Crippen molar-refractivity contribution >= 4 is 11.9 Å². The smallest absolute Gasteiger partial charge is 0.325 e. The predicted molar refractivity (Wildman–Crippen MR) is 64.5 cm³/mol. The second-order valence-electron chi connectivity index (χ2n) is 4.40. The van der Waals surface area contributed by atoms with Crippen LogP contribution in [0.3, 0.4) is 0 Å². The fourth-order valence-electron chi connectivity index (χ4n) is 2.08. The van der Waals surface area contributed by atoms with Gasteiger partial charge in [0, 0.05) is 13.1 Å². The maximum atomic E-state index is 12.0. The molecule has 0 radical (unpaired) electrons. The van der Waals surface area contributed by atoms with Crippen LogP contribution in [0.2, 0.25) is 0 Å². The third-order valence-electron chi connectivity index (χ3n) is 3.08. The molecule has 1 amide bonds. The fourth-order valence-corrected chi connectivity index (χ4v) is 2.08. The third kappa shape index (κ3) is 4.00. The second-order valence-corrected chi connectivity index (χ2v) is 4.40. The molecule has 1 heterocycles. The molecule has 0 saturated carbocycles. The molecule has 2 atom stereocenters. The van der Waals surface area contributed by atoms with Gasteiger partial charge in [-0.2, -0.15) is 0 Å². The Morgan fingerprint density at radius 2 is 2.06 bits per heavy atom. The highest BCUT2D eigenvalue weighted by Crippen LogP contribution is 2.16. The number of esters is 1. The molecule has 0 aromatic heterocycles. The zero-order chi connectivity index (χ0) is 12.8. The molecule has 0 bridgehead atoms. The SMILES string of the molecule is CCOC(=O)CN(C)C(=O)[C@@H]1CC[C@@H](CC)N1. The van der Waals surface area contributed by atoms with Gasteiger partial charge in [-0.25, -0.2) is 0 Å². The highest BCUT2D eigenvalue weighted by atomic mass is 16.5. The van der Waals surface area contributed by atoms with Gasteiger partial charge in [-0.15, -0.1) is 0 Å². The molecule has 0 aromatic carbocycles. The molecular formula is C12H22N2O3. The molecule has 0 unspecified atom stereocenters. The summed E-state index contributed by atoms with van der Waals surface area (Å²) in [6.45, 7) is 4.24. The minimum atomic E-state index is -0.353. The first kappa shape index (κ1) is 14.0. The number of ether oxygens (including phenoxy) is 1. The van der Waals surface area contributed by atoms with Crippen LogP contribution >= 0.6 is 0 Å². The van der Waals surface area contributed by atoms with Crippen molar-refractivity contribution < 1.29 is 14.3 Å². The molecule has 1 fully saturated rings. The molecule has 0 aromatic rings. The Balaban J connectivity index is 2.39. The first-order valence-electron chi connectivity index (χ1n) is 6.25. The third-order valence-corrected chi connectivity index (χ3v) is 3.08. The number of nitrogens with one attached hydrogen (secondary N) is 1. The molecule has 1 aliphatic heterocycles. The highest BCUT2D eigenvalue weighted by molar-refractivity contribution is 5.85. The van der Waals surface area contributed by atoms with Gasteiger partial charge in [-0.3, -0.25) is 9.59 Å². The van der Waals surface area contributed by atoms with Crippen molar-refractivity contribution in [3.63, 3.8) is 0 Å². The Hall–Kier alpha value is -1.10. The molecule has 0 aliphatic carbocycles. The Labute approximate surface area is 102 Å². The zero-order valence-electron chi connectivity index (χ0n) is 10.9. The summed E-state index contributed by atoms with van der Waals surface area (Å²) in [5.41, 5.74) is 0. The number of nitrogens with zero attached hydrogens (tertiary/aromatic N) is 1. The lowest BCUT2D eigenvalue weighted by atomic mass is 10.1. The van der Waals surface area contributed by atoms with Crippen molar-refractivity contribution in [2.45, 2.75) is 45.2 Å². The fraction of sp³-hybridized carbons (Fsp3) is 0.833. The quantitative estimate of drug-likeness (QED) is 0.715. The van der Waals surface area contributed by atoms with Gasteiger partial charge in [0.2, 0.25) is 5.91 Å². The van der Waals surface area contributed by atoms with Gasteiger partial charge >= 0.3 is 5.97 Å². The van der Waals surface area contributed by atoms with E-state index < -0.39 is 0 Å². The Morgan fingerprint density at radius 3 is 2.59 bits per heavy atom. The van der Waals surface area contributed by atoms with E-state index in [0.717, 1.165) is 19.3 Å². The Bertz CT molecular complexity index is 281. The van der Waals surface area contributed by atoms with Crippen molar-refractivity contribution in [2.75, 3.05) is 20.2 Å². The molecule has 0 spiro atoms. The normalized spacial score (nSPS) is 23.5. The lowest BCUT2D eigenvalue weighted by Gasteiger charge is -2.20. The topological polar surface area (TPSA) is 58.6 Å². The minimum Gasteiger partial charge on any atom is -0.465 e. The zero-order valence-corrected chi connectivity index (χ0v) is 10.9. The summed E-state index contributed by atoms with van der Waals surface area (Å²) in [5, 5.41) is 3.28. The number of rotatable bonds is 5. The van der Waals surface area contributed by atoms with E-state index in [2.05, 4.69) is 12.2 Å². The minimum absolute atomic E-state index is 0.0194. The van der Waals surface area contributed by atoms with Crippen LogP contribution in [0.25, 0.3) is 0 Å². The van der Waals surface area contributed by atoms with Crippen molar-refractivity contribution in [3.8, 4) is 0 Å². The van der Waals surface area contributed by atoms with Crippen LogP contribution in [0, 0.1) is 0 Å². The molecular weight excluding hydrogens is 220 g/mol. The van der Waals surface area contributed by atoms with E-state index >= 15 is 0 Å². The van der Waals surface area contributed by atoms with Crippen LogP contribution in [0.4, 0.5) is 0 Å². The van der Waals surface area contributed by atoms with Crippen LogP contribution in [0.1, 0.15) is 33.1 Å². The average Bonchev–Trinajstić information content (AvgIpc) is 2.76. The lowest BCUT2D eigenvalue weighted by molar-refractivity contribution is -0.148. The maximum Gasteiger partial charge on any atom is 0.325 e. The predicted octanol–water partition coefficient (Wildman–Crippen LogP) is 0.539. The monoisotopic (exact) mass is 242 g/mol. The Kier molecular flexibility index (Phi) is 5.41. The summed E-state index contributed by atoms with van der Waals surface area (Å²) in [6, 6.07) is 0.291. The van der Waals surface area contributed by atoms with Crippen LogP contribution < -0.4 is 5.32 Å². The summed E-state index contributed by atoms with van der Waals surface area (Å²) >= 11 is 0. The van der Waals surface area contributed by atoms with Gasteiger partial charge in [0.1, 0.15) is 6.54 Å². The summed E-state index contributed by atoms with van der Waals surface area (Å²) in [4.78, 5) is 24.7. The number of amides is 1. The standard InChI is InChI=1S/C12H22N2O3/c1-4-9-6-7-10(13-9)12(16)14(3)8-11(15)17-5-2/h9-10,13H,4-8H2,1-3H3/t9-,10+/m1/s1. The van der Waals surface area contributed by atoms with Crippen molar-refractivity contribution in [2.24, 2.45) is 0 Å². The highest BCUT2D eigenvalue weighted by Gasteiger charge is 2.30. The van der Waals surface area contributed by atoms with E-state index in [1.807, 2.05) is 0 Å². The average molecular weight is 242 g/mol. The van der Waals surface area contributed by atoms with Gasteiger partial charge < -0.3 is 15.0 Å². The van der Waals surface area contributed by atoms with Crippen molar-refractivity contribution in [3.05, 3.63) is 0 Å². The van der Waals surface area contributed by atoms with E-state index in [1.54, 1.807) is 14.0 Å². The Morgan fingerprint density at radius 1 is 1.35 bits per heavy atom. The van der Waals surface area contributed by atoms with Crippen LogP contribution in [-0.4, -0.2) is 49.1 Å². The summed E-state index contributed by atoms with van der Waals surface area (Å²) in [7, 11) is 1.64. The van der Waals surface area contributed by atoms with Crippen LogP contribution in [-0.2, 0) is 14.3 Å². The number of likely N-dealkylation sites (N-methyl/N-ethyl adjacent to an activating group) is 1. The van der Waals surface area contributed by atoms with Gasteiger partial charge in [-0.1, -0.05) is 6.92 Å². The first-order chi connectivity index (χ1) is 8.08. The molecule has 17 heavy (non-hydrogen) atoms. The number of hydrogen-bond acceptors (Lipinski definition) is 4. The van der Waals surface area contributed by atoms with E-state index in [1.165, 1.54) is 4.90 Å². The molecule has 1 aliphatic rings. The van der Waals surface area contributed by atoms with Crippen molar-refractivity contribution in [1.29, 1.82) is 0 Å². The van der Waals surface area contributed by atoms with E-state index in [4.69, 9.17) is 4.74 Å². The molecule has 1 saturated heterocycles. The largest absolute Gasteiger partial charge is 0.465 e. The van der Waals surface area contributed by atoms with Gasteiger partial charge in [0.25, 0.3) is 0 Å². The van der Waals surface area contributed by atoms with Gasteiger partial charge in [-0.05, 0) is 26.2 Å². The molecule has 1 N–H and O–H groups in total. The van der Waals surface area contributed by atoms with Gasteiger partial charge in [0.15, 0.2) is 0 Å². The first-order valence-corrected chi connectivity index (χ1v) is 6.25. The van der Waals surface area contributed by atoms with E-state index in [0.29, 0.717) is 12.6 Å². The lowest BCUT2D eigenvalue weighted by Crippen LogP contribution is -2.45. The van der Waals surface area contributed by atoms with Crippen molar-refractivity contribution in [1.82, 2.24) is 10.2 Å². The van der Waals surface area contributed by atoms with E-state index in [9.17, 15) is 9.59 Å². The number of carbonyl (C=O) groups excluding carboxylic acids is 2. The maximum absolute atomic E-state index is 12.0. The molecule has 5 heteroatoms. The van der Waals surface area contributed by atoms with Crippen LogP contribution in [0.15, 0.2) is 0 Å². The number of carbonyl (C=O) groups is 2. The molecule has 5 nitrogen and oxygen atoms in total. The molecule has 98 valence electrons. The second kappa shape index (κ2) is 6.59. The summed E-state index contributed by atoms with van der Waals surface area (Å²) < 4.78 is 4.81. The molecule has 1 rings (SSSR count).